The van der Waals surface area contributed by atoms with E-state index in [4.69, 9.17) is 18.9 Å². The number of amides is 1. The first-order chi connectivity index (χ1) is 12.6. The maximum absolute atomic E-state index is 12.0. The number of benzene rings is 2. The molecule has 0 heterocycles. The van der Waals surface area contributed by atoms with Crippen LogP contribution in [0.3, 0.4) is 0 Å². The largest absolute Gasteiger partial charge is 0.493 e. The number of nitrogens with one attached hydrogen (secondary N) is 1. The Morgan fingerprint density at radius 2 is 1.58 bits per heavy atom. The fourth-order valence-corrected chi connectivity index (χ4v) is 2.39. The Morgan fingerprint density at radius 3 is 2.27 bits per heavy atom. The topological polar surface area (TPSA) is 66.0 Å². The Balaban J connectivity index is 1.89. The van der Waals surface area contributed by atoms with Gasteiger partial charge in [-0.15, -0.1) is 0 Å². The zero-order valence-electron chi connectivity index (χ0n) is 15.6. The molecular formula is C20H25NO5. The number of aryl methyl sites for hydroxylation is 1. The second kappa shape index (κ2) is 9.56. The summed E-state index contributed by atoms with van der Waals surface area (Å²) in [6.45, 7) is 4.72. The predicted octanol–water partition coefficient (Wildman–Crippen LogP) is 3.11. The summed E-state index contributed by atoms with van der Waals surface area (Å²) in [6.07, 6.45) is 0. The van der Waals surface area contributed by atoms with E-state index < -0.39 is 0 Å². The van der Waals surface area contributed by atoms with Crippen LogP contribution in [0.5, 0.6) is 23.0 Å². The van der Waals surface area contributed by atoms with Crippen LogP contribution in [0.15, 0.2) is 36.4 Å². The Morgan fingerprint density at radius 1 is 0.923 bits per heavy atom. The van der Waals surface area contributed by atoms with Gasteiger partial charge in [0.15, 0.2) is 29.6 Å². The molecule has 2 rings (SSSR count). The van der Waals surface area contributed by atoms with Gasteiger partial charge in [-0.1, -0.05) is 12.1 Å². The van der Waals surface area contributed by atoms with E-state index in [1.807, 2.05) is 44.2 Å². The minimum atomic E-state index is -0.222. The van der Waals surface area contributed by atoms with Crippen LogP contribution in [0.2, 0.25) is 0 Å². The zero-order chi connectivity index (χ0) is 18.9. The molecule has 1 N–H and O–H groups in total. The lowest BCUT2D eigenvalue weighted by atomic mass is 10.2. The fourth-order valence-electron chi connectivity index (χ4n) is 2.39. The van der Waals surface area contributed by atoms with Gasteiger partial charge in [-0.2, -0.15) is 0 Å². The zero-order valence-corrected chi connectivity index (χ0v) is 15.6. The van der Waals surface area contributed by atoms with Crippen molar-refractivity contribution in [1.82, 2.24) is 5.32 Å². The van der Waals surface area contributed by atoms with Gasteiger partial charge in [-0.25, -0.2) is 0 Å². The number of carbonyl (C=O) groups is 1. The minimum Gasteiger partial charge on any atom is -0.493 e. The maximum atomic E-state index is 12.0. The molecule has 6 heteroatoms. The Labute approximate surface area is 154 Å². The van der Waals surface area contributed by atoms with E-state index in [0.29, 0.717) is 36.1 Å². The van der Waals surface area contributed by atoms with Gasteiger partial charge in [0, 0.05) is 6.54 Å². The second-order valence-electron chi connectivity index (χ2n) is 5.64. The molecular weight excluding hydrogens is 334 g/mol. The molecule has 0 unspecified atom stereocenters. The van der Waals surface area contributed by atoms with Crippen molar-refractivity contribution in [2.75, 3.05) is 27.4 Å². The van der Waals surface area contributed by atoms with Crippen molar-refractivity contribution in [2.24, 2.45) is 0 Å². The van der Waals surface area contributed by atoms with E-state index in [2.05, 4.69) is 5.32 Å². The van der Waals surface area contributed by atoms with Crippen molar-refractivity contribution in [3.05, 3.63) is 47.5 Å². The quantitative estimate of drug-likeness (QED) is 0.745. The lowest BCUT2D eigenvalue weighted by molar-refractivity contribution is -0.123. The molecule has 0 aliphatic carbocycles. The summed E-state index contributed by atoms with van der Waals surface area (Å²) in [4.78, 5) is 12.0. The molecule has 0 aliphatic heterocycles. The van der Waals surface area contributed by atoms with Gasteiger partial charge in [0.25, 0.3) is 5.91 Å². The minimum absolute atomic E-state index is 0.0897. The summed E-state index contributed by atoms with van der Waals surface area (Å²) in [5.41, 5.74) is 1.97. The predicted molar refractivity (Wildman–Crippen MR) is 99.2 cm³/mol. The van der Waals surface area contributed by atoms with E-state index in [0.717, 1.165) is 11.1 Å². The summed E-state index contributed by atoms with van der Waals surface area (Å²) < 4.78 is 21.6. The first kappa shape index (κ1) is 19.4. The Kier molecular flexibility index (Phi) is 7.14. The van der Waals surface area contributed by atoms with Gasteiger partial charge in [0.05, 0.1) is 20.8 Å². The smallest absolute Gasteiger partial charge is 0.258 e. The molecule has 0 aromatic heterocycles. The van der Waals surface area contributed by atoms with Gasteiger partial charge in [-0.3, -0.25) is 4.79 Å². The van der Waals surface area contributed by atoms with Gasteiger partial charge in [0.1, 0.15) is 0 Å². The molecule has 1 amide bonds. The fraction of sp³-hybridized carbons (Fsp3) is 0.350. The summed E-state index contributed by atoms with van der Waals surface area (Å²) >= 11 is 0. The molecule has 2 aromatic carbocycles. The SMILES string of the molecule is CCOc1ccc(CNC(=O)COc2ccc(C)cc2OC)cc1OC. The van der Waals surface area contributed by atoms with Gasteiger partial charge in [-0.05, 0) is 49.2 Å². The Hall–Kier alpha value is -2.89. The monoisotopic (exact) mass is 359 g/mol. The van der Waals surface area contributed by atoms with E-state index in [1.54, 1.807) is 20.3 Å². The highest BCUT2D eigenvalue weighted by Gasteiger charge is 2.09. The van der Waals surface area contributed by atoms with Gasteiger partial charge in [0.2, 0.25) is 0 Å². The van der Waals surface area contributed by atoms with Crippen molar-refractivity contribution < 1.29 is 23.7 Å². The summed E-state index contributed by atoms with van der Waals surface area (Å²) in [5, 5.41) is 2.82. The highest BCUT2D eigenvalue weighted by molar-refractivity contribution is 5.77. The van der Waals surface area contributed by atoms with E-state index in [9.17, 15) is 4.79 Å². The number of ether oxygens (including phenoxy) is 4. The maximum Gasteiger partial charge on any atom is 0.258 e. The van der Waals surface area contributed by atoms with Crippen LogP contribution in [0.1, 0.15) is 18.1 Å². The molecule has 0 fully saturated rings. The van der Waals surface area contributed by atoms with Crippen molar-refractivity contribution >= 4 is 5.91 Å². The van der Waals surface area contributed by atoms with Crippen LogP contribution in [0, 0.1) is 6.92 Å². The molecule has 2 aromatic rings. The molecule has 26 heavy (non-hydrogen) atoms. The third-order valence-corrected chi connectivity index (χ3v) is 3.70. The highest BCUT2D eigenvalue weighted by atomic mass is 16.5. The molecule has 0 radical (unpaired) electrons. The molecule has 0 atom stereocenters. The molecule has 0 aliphatic rings. The molecule has 0 spiro atoms. The third kappa shape index (κ3) is 5.31. The highest BCUT2D eigenvalue weighted by Crippen LogP contribution is 2.28. The molecule has 140 valence electrons. The van der Waals surface area contributed by atoms with Crippen LogP contribution in [0.4, 0.5) is 0 Å². The van der Waals surface area contributed by atoms with E-state index in [-0.39, 0.29) is 12.5 Å². The van der Waals surface area contributed by atoms with Crippen LogP contribution in [0.25, 0.3) is 0 Å². The third-order valence-electron chi connectivity index (χ3n) is 3.70. The van der Waals surface area contributed by atoms with Crippen LogP contribution in [-0.2, 0) is 11.3 Å². The molecule has 0 saturated heterocycles. The molecule has 6 nitrogen and oxygen atoms in total. The molecule has 0 saturated carbocycles. The van der Waals surface area contributed by atoms with E-state index in [1.165, 1.54) is 0 Å². The first-order valence-electron chi connectivity index (χ1n) is 8.41. The average molecular weight is 359 g/mol. The van der Waals surface area contributed by atoms with Crippen molar-refractivity contribution in [3.63, 3.8) is 0 Å². The number of methoxy groups -OCH3 is 2. The van der Waals surface area contributed by atoms with E-state index >= 15 is 0 Å². The number of rotatable bonds is 9. The number of hydrogen-bond donors (Lipinski definition) is 1. The van der Waals surface area contributed by atoms with Gasteiger partial charge >= 0.3 is 0 Å². The van der Waals surface area contributed by atoms with Crippen molar-refractivity contribution in [1.29, 1.82) is 0 Å². The summed E-state index contributed by atoms with van der Waals surface area (Å²) in [6, 6.07) is 11.1. The van der Waals surface area contributed by atoms with Crippen LogP contribution >= 0.6 is 0 Å². The standard InChI is InChI=1S/C20H25NO5/c1-5-25-16-9-7-15(11-19(16)24-4)12-21-20(22)13-26-17-8-6-14(2)10-18(17)23-3/h6-11H,5,12-13H2,1-4H3,(H,21,22). The van der Waals surface area contributed by atoms with Crippen molar-refractivity contribution in [2.45, 2.75) is 20.4 Å². The number of carbonyl (C=O) groups excluding carboxylic acids is 1. The average Bonchev–Trinajstić information content (AvgIpc) is 2.66. The van der Waals surface area contributed by atoms with Crippen molar-refractivity contribution in [3.8, 4) is 23.0 Å². The lowest BCUT2D eigenvalue weighted by Gasteiger charge is -2.13. The lowest BCUT2D eigenvalue weighted by Crippen LogP contribution is -2.28. The summed E-state index contributed by atoms with van der Waals surface area (Å²) in [5.74, 6) is 2.24. The number of hydrogen-bond acceptors (Lipinski definition) is 5. The summed E-state index contributed by atoms with van der Waals surface area (Å²) in [7, 11) is 3.16. The second-order valence-corrected chi connectivity index (χ2v) is 5.64. The van der Waals surface area contributed by atoms with Gasteiger partial charge < -0.3 is 24.3 Å². The molecule has 0 bridgehead atoms. The Bertz CT molecular complexity index is 745. The van der Waals surface area contributed by atoms with Crippen LogP contribution < -0.4 is 24.3 Å². The van der Waals surface area contributed by atoms with Crippen LogP contribution in [-0.4, -0.2) is 33.3 Å². The normalized spacial score (nSPS) is 10.2. The first-order valence-corrected chi connectivity index (χ1v) is 8.41.